The zero-order valence-corrected chi connectivity index (χ0v) is 12.9. The number of nitrogens with zero attached hydrogens (tertiary/aromatic N) is 2. The number of ketones is 1. The first-order chi connectivity index (χ1) is 11.2. The van der Waals surface area contributed by atoms with Crippen molar-refractivity contribution in [3.05, 3.63) is 89.5 Å². The van der Waals surface area contributed by atoms with E-state index in [1.807, 2.05) is 42.5 Å². The van der Waals surface area contributed by atoms with Crippen LogP contribution in [0.3, 0.4) is 0 Å². The highest BCUT2D eigenvalue weighted by Gasteiger charge is 2.05. The Bertz CT molecular complexity index is 813. The molecular weight excluding hydrogens is 308 g/mol. The predicted molar refractivity (Wildman–Crippen MR) is 94.8 cm³/mol. The summed E-state index contributed by atoms with van der Waals surface area (Å²) in [5.41, 5.74) is 2.34. The Morgan fingerprint density at radius 3 is 2.13 bits per heavy atom. The molecule has 0 spiro atoms. The number of rotatable bonds is 2. The monoisotopic (exact) mass is 320 g/mol. The Morgan fingerprint density at radius 2 is 1.48 bits per heavy atom. The highest BCUT2D eigenvalue weighted by atomic mass is 35.5. The Balaban J connectivity index is 2.03. The third-order valence-electron chi connectivity index (χ3n) is 3.17. The molecule has 3 nitrogen and oxygen atoms in total. The van der Waals surface area contributed by atoms with Crippen LogP contribution in [0.1, 0.15) is 5.56 Å². The summed E-state index contributed by atoms with van der Waals surface area (Å²) in [6, 6.07) is 16.9. The van der Waals surface area contributed by atoms with Crippen molar-refractivity contribution in [2.75, 3.05) is 0 Å². The van der Waals surface area contributed by atoms with Crippen LogP contribution in [0.25, 0.3) is 0 Å². The number of amidine groups is 1. The average Bonchev–Trinajstić information content (AvgIpc) is 2.59. The van der Waals surface area contributed by atoms with E-state index in [2.05, 4.69) is 9.98 Å². The van der Waals surface area contributed by atoms with Gasteiger partial charge in [-0.05, 0) is 48.6 Å². The average molecular weight is 321 g/mol. The van der Waals surface area contributed by atoms with E-state index in [9.17, 15) is 4.79 Å². The van der Waals surface area contributed by atoms with Crippen LogP contribution in [0.15, 0.2) is 88.9 Å². The normalized spacial score (nSPS) is 14.2. The molecule has 0 amide bonds. The SMILES string of the molecule is O=C1C=CC(=NC(=Nc2ccc(Cl)cc2)c2ccccc2)C=C1. The van der Waals surface area contributed by atoms with Crippen LogP contribution in [-0.2, 0) is 4.79 Å². The fourth-order valence-electron chi connectivity index (χ4n) is 2.02. The topological polar surface area (TPSA) is 41.8 Å². The standard InChI is InChI=1S/C19H13ClN2O/c20-15-6-8-16(9-7-15)21-19(14-4-2-1-3-5-14)22-17-10-12-18(23)13-11-17/h1-13H. The largest absolute Gasteiger partial charge is 0.290 e. The minimum Gasteiger partial charge on any atom is -0.290 e. The second-order valence-electron chi connectivity index (χ2n) is 4.88. The van der Waals surface area contributed by atoms with Crippen LogP contribution in [0.4, 0.5) is 5.69 Å². The van der Waals surface area contributed by atoms with Gasteiger partial charge in [-0.25, -0.2) is 9.98 Å². The van der Waals surface area contributed by atoms with Crippen LogP contribution in [0.5, 0.6) is 0 Å². The zero-order chi connectivity index (χ0) is 16.1. The van der Waals surface area contributed by atoms with Crippen molar-refractivity contribution in [3.8, 4) is 0 Å². The Hall–Kier alpha value is -2.78. The molecule has 23 heavy (non-hydrogen) atoms. The van der Waals surface area contributed by atoms with E-state index < -0.39 is 0 Å². The molecule has 1 aliphatic rings. The van der Waals surface area contributed by atoms with Crippen LogP contribution < -0.4 is 0 Å². The summed E-state index contributed by atoms with van der Waals surface area (Å²) in [5, 5.41) is 0.660. The maximum Gasteiger partial charge on any atom is 0.178 e. The van der Waals surface area contributed by atoms with Gasteiger partial charge < -0.3 is 0 Å². The summed E-state index contributed by atoms with van der Waals surface area (Å²) in [7, 11) is 0. The van der Waals surface area contributed by atoms with E-state index in [1.165, 1.54) is 12.2 Å². The molecule has 0 aromatic heterocycles. The molecule has 1 aliphatic carbocycles. The van der Waals surface area contributed by atoms with Gasteiger partial charge in [0.1, 0.15) is 0 Å². The number of carbonyl (C=O) groups is 1. The molecule has 0 radical (unpaired) electrons. The van der Waals surface area contributed by atoms with Crippen LogP contribution in [-0.4, -0.2) is 17.3 Å². The molecule has 0 saturated carbocycles. The highest BCUT2D eigenvalue weighted by molar-refractivity contribution is 6.30. The van der Waals surface area contributed by atoms with Crippen molar-refractivity contribution in [1.29, 1.82) is 0 Å². The van der Waals surface area contributed by atoms with Crippen molar-refractivity contribution in [1.82, 2.24) is 0 Å². The molecule has 112 valence electrons. The number of halogens is 1. The van der Waals surface area contributed by atoms with Gasteiger partial charge in [0.2, 0.25) is 0 Å². The second kappa shape index (κ2) is 6.99. The molecule has 0 N–H and O–H groups in total. The van der Waals surface area contributed by atoms with Gasteiger partial charge >= 0.3 is 0 Å². The van der Waals surface area contributed by atoms with Crippen LogP contribution in [0, 0.1) is 0 Å². The van der Waals surface area contributed by atoms with Gasteiger partial charge in [-0.2, -0.15) is 0 Å². The number of allylic oxidation sites excluding steroid dienone is 4. The summed E-state index contributed by atoms with van der Waals surface area (Å²) in [4.78, 5) is 20.4. The number of hydrogen-bond donors (Lipinski definition) is 0. The lowest BCUT2D eigenvalue weighted by Gasteiger charge is -2.05. The first-order valence-corrected chi connectivity index (χ1v) is 7.47. The van der Waals surface area contributed by atoms with Gasteiger partial charge in [-0.1, -0.05) is 41.9 Å². The zero-order valence-electron chi connectivity index (χ0n) is 12.2. The van der Waals surface area contributed by atoms with E-state index in [-0.39, 0.29) is 5.78 Å². The molecule has 0 atom stereocenters. The third kappa shape index (κ3) is 4.11. The van der Waals surface area contributed by atoms with E-state index >= 15 is 0 Å². The molecule has 2 aromatic rings. The highest BCUT2D eigenvalue weighted by Crippen LogP contribution is 2.18. The number of carbonyl (C=O) groups excluding carboxylic acids is 1. The first-order valence-electron chi connectivity index (χ1n) is 7.09. The van der Waals surface area contributed by atoms with Crippen LogP contribution in [0.2, 0.25) is 5.02 Å². The smallest absolute Gasteiger partial charge is 0.178 e. The molecule has 0 saturated heterocycles. The molecule has 0 aliphatic heterocycles. The fraction of sp³-hybridized carbons (Fsp3) is 0. The van der Waals surface area contributed by atoms with E-state index in [1.54, 1.807) is 24.3 Å². The van der Waals surface area contributed by atoms with Crippen molar-refractivity contribution in [2.45, 2.75) is 0 Å². The molecule has 4 heteroatoms. The maximum atomic E-state index is 11.2. The first kappa shape index (κ1) is 15.1. The molecule has 3 rings (SSSR count). The predicted octanol–water partition coefficient (Wildman–Crippen LogP) is 4.55. The summed E-state index contributed by atoms with van der Waals surface area (Å²) in [6.45, 7) is 0. The molecule has 0 unspecified atom stereocenters. The lowest BCUT2D eigenvalue weighted by molar-refractivity contribution is -0.110. The maximum absolute atomic E-state index is 11.2. The Labute approximate surface area is 139 Å². The Morgan fingerprint density at radius 1 is 0.826 bits per heavy atom. The second-order valence-corrected chi connectivity index (χ2v) is 5.32. The fourth-order valence-corrected chi connectivity index (χ4v) is 2.15. The van der Waals surface area contributed by atoms with Crippen molar-refractivity contribution < 1.29 is 4.79 Å². The summed E-state index contributed by atoms with van der Waals surface area (Å²) >= 11 is 5.91. The van der Waals surface area contributed by atoms with Crippen molar-refractivity contribution >= 4 is 34.6 Å². The Kier molecular flexibility index (Phi) is 4.60. The summed E-state index contributed by atoms with van der Waals surface area (Å²) in [5.74, 6) is 0.534. The number of benzene rings is 2. The third-order valence-corrected chi connectivity index (χ3v) is 3.42. The quantitative estimate of drug-likeness (QED) is 0.454. The van der Waals surface area contributed by atoms with E-state index in [4.69, 9.17) is 11.6 Å². The van der Waals surface area contributed by atoms with Gasteiger partial charge in [-0.3, -0.25) is 4.79 Å². The van der Waals surface area contributed by atoms with E-state index in [0.717, 1.165) is 11.3 Å². The lowest BCUT2D eigenvalue weighted by atomic mass is 10.1. The van der Waals surface area contributed by atoms with E-state index in [0.29, 0.717) is 16.6 Å². The molecular formula is C19H13ClN2O. The lowest BCUT2D eigenvalue weighted by Crippen LogP contribution is -2.04. The molecule has 0 fully saturated rings. The summed E-state index contributed by atoms with van der Waals surface area (Å²) in [6.07, 6.45) is 6.35. The summed E-state index contributed by atoms with van der Waals surface area (Å²) < 4.78 is 0. The van der Waals surface area contributed by atoms with Gasteiger partial charge in [0.15, 0.2) is 11.6 Å². The van der Waals surface area contributed by atoms with Gasteiger partial charge in [0, 0.05) is 10.6 Å². The van der Waals surface area contributed by atoms with Gasteiger partial charge in [-0.15, -0.1) is 0 Å². The minimum atomic E-state index is -0.0418. The number of aliphatic imine (C=N–C) groups is 2. The molecule has 0 heterocycles. The van der Waals surface area contributed by atoms with Crippen molar-refractivity contribution in [2.24, 2.45) is 9.98 Å². The van der Waals surface area contributed by atoms with Crippen molar-refractivity contribution in [3.63, 3.8) is 0 Å². The number of hydrogen-bond acceptors (Lipinski definition) is 2. The van der Waals surface area contributed by atoms with Crippen LogP contribution >= 0.6 is 11.6 Å². The van der Waals surface area contributed by atoms with Gasteiger partial charge in [0.05, 0.1) is 11.4 Å². The van der Waals surface area contributed by atoms with Gasteiger partial charge in [0.25, 0.3) is 0 Å². The molecule has 2 aromatic carbocycles. The molecule has 0 bridgehead atoms. The minimum absolute atomic E-state index is 0.0418.